The van der Waals surface area contributed by atoms with Gasteiger partial charge in [0.25, 0.3) is 0 Å². The topological polar surface area (TPSA) is 18.5 Å². The van der Waals surface area contributed by atoms with E-state index in [0.29, 0.717) is 6.04 Å². The van der Waals surface area contributed by atoms with Crippen molar-refractivity contribution in [2.24, 2.45) is 0 Å². The lowest BCUT2D eigenvalue weighted by molar-refractivity contribution is 0.206. The van der Waals surface area contributed by atoms with E-state index in [0.717, 1.165) is 44.2 Å². The number of piperazine rings is 1. The van der Waals surface area contributed by atoms with Gasteiger partial charge in [-0.05, 0) is 50.2 Å². The zero-order chi connectivity index (χ0) is 17.2. The Kier molecular flexibility index (Phi) is 5.23. The SMILES string of the molecule is CC1CN(CCCN2c3ccccc3Sc3ccc(Cl)cc32)CCN1. The molecule has 0 bridgehead atoms. The second-order valence-electron chi connectivity index (χ2n) is 6.84. The third-order valence-corrected chi connectivity index (χ3v) is 6.26. The molecular formula is C20H24ClN3S. The number of halogens is 1. The summed E-state index contributed by atoms with van der Waals surface area (Å²) in [6, 6.07) is 15.5. The summed E-state index contributed by atoms with van der Waals surface area (Å²) in [7, 11) is 0. The van der Waals surface area contributed by atoms with Crippen molar-refractivity contribution in [2.75, 3.05) is 37.6 Å². The summed E-state index contributed by atoms with van der Waals surface area (Å²) in [5, 5.41) is 4.32. The average Bonchev–Trinajstić information content (AvgIpc) is 2.61. The molecule has 1 saturated heterocycles. The van der Waals surface area contributed by atoms with Crippen LogP contribution in [0.3, 0.4) is 0 Å². The summed E-state index contributed by atoms with van der Waals surface area (Å²) in [6.45, 7) is 7.83. The number of para-hydroxylation sites is 1. The fourth-order valence-corrected chi connectivity index (χ4v) is 4.95. The lowest BCUT2D eigenvalue weighted by atomic mass is 10.2. The van der Waals surface area contributed by atoms with Crippen LogP contribution in [0.25, 0.3) is 0 Å². The predicted octanol–water partition coefficient (Wildman–Crippen LogP) is 4.63. The molecule has 1 atom stereocenters. The fourth-order valence-electron chi connectivity index (χ4n) is 3.71. The van der Waals surface area contributed by atoms with Crippen molar-refractivity contribution >= 4 is 34.7 Å². The summed E-state index contributed by atoms with van der Waals surface area (Å²) in [5.41, 5.74) is 2.54. The molecule has 0 saturated carbocycles. The van der Waals surface area contributed by atoms with Crippen molar-refractivity contribution in [1.29, 1.82) is 0 Å². The molecule has 0 spiro atoms. The van der Waals surface area contributed by atoms with Gasteiger partial charge < -0.3 is 15.1 Å². The van der Waals surface area contributed by atoms with Gasteiger partial charge in [-0.15, -0.1) is 0 Å². The molecule has 0 radical (unpaired) electrons. The first-order valence-electron chi connectivity index (χ1n) is 9.00. The van der Waals surface area contributed by atoms with Crippen LogP contribution in [0.4, 0.5) is 11.4 Å². The van der Waals surface area contributed by atoms with Gasteiger partial charge in [-0.25, -0.2) is 0 Å². The van der Waals surface area contributed by atoms with E-state index in [1.807, 2.05) is 17.8 Å². The molecule has 0 aromatic heterocycles. The van der Waals surface area contributed by atoms with Crippen molar-refractivity contribution < 1.29 is 0 Å². The van der Waals surface area contributed by atoms with Gasteiger partial charge in [-0.3, -0.25) is 0 Å². The standard InChI is InChI=1S/C20H24ClN3S/c1-15-14-23(12-9-22-15)10-4-11-24-17-5-2-3-6-19(17)25-20-8-7-16(21)13-18(20)24/h2-3,5-8,13,15,22H,4,9-12,14H2,1H3. The van der Waals surface area contributed by atoms with E-state index in [2.05, 4.69) is 58.4 Å². The number of hydrogen-bond acceptors (Lipinski definition) is 4. The minimum Gasteiger partial charge on any atom is -0.340 e. The first-order valence-corrected chi connectivity index (χ1v) is 10.2. The van der Waals surface area contributed by atoms with Gasteiger partial charge in [0, 0.05) is 47.0 Å². The summed E-state index contributed by atoms with van der Waals surface area (Å²) in [5.74, 6) is 0. The molecule has 0 amide bonds. The Balaban J connectivity index is 1.51. The molecule has 4 rings (SSSR count). The number of hydrogen-bond donors (Lipinski definition) is 1. The Morgan fingerprint density at radius 3 is 2.84 bits per heavy atom. The molecule has 2 aromatic rings. The van der Waals surface area contributed by atoms with Gasteiger partial charge in [0.05, 0.1) is 11.4 Å². The third-order valence-electron chi connectivity index (χ3n) is 4.90. The first-order chi connectivity index (χ1) is 12.2. The Bertz CT molecular complexity index is 751. The van der Waals surface area contributed by atoms with E-state index in [1.165, 1.54) is 21.2 Å². The van der Waals surface area contributed by atoms with Crippen LogP contribution in [0.5, 0.6) is 0 Å². The number of anilines is 2. The molecule has 2 aliphatic heterocycles. The Hall–Kier alpha value is -1.20. The normalized spacial score (nSPS) is 20.2. The fraction of sp³-hybridized carbons (Fsp3) is 0.400. The lowest BCUT2D eigenvalue weighted by Crippen LogP contribution is -2.49. The highest BCUT2D eigenvalue weighted by atomic mass is 35.5. The van der Waals surface area contributed by atoms with Crippen molar-refractivity contribution in [2.45, 2.75) is 29.2 Å². The highest BCUT2D eigenvalue weighted by molar-refractivity contribution is 7.99. The molecule has 0 aliphatic carbocycles. The van der Waals surface area contributed by atoms with E-state index in [4.69, 9.17) is 11.6 Å². The zero-order valence-electron chi connectivity index (χ0n) is 14.5. The van der Waals surface area contributed by atoms with Crippen LogP contribution in [0.15, 0.2) is 52.3 Å². The second kappa shape index (κ2) is 7.58. The number of fused-ring (bicyclic) bond motifs is 2. The van der Waals surface area contributed by atoms with Crippen molar-refractivity contribution in [3.05, 3.63) is 47.5 Å². The molecule has 2 heterocycles. The minimum absolute atomic E-state index is 0.598. The number of rotatable bonds is 4. The maximum absolute atomic E-state index is 6.29. The van der Waals surface area contributed by atoms with Crippen LogP contribution in [0.2, 0.25) is 5.02 Å². The average molecular weight is 374 g/mol. The molecule has 5 heteroatoms. The highest BCUT2D eigenvalue weighted by Gasteiger charge is 2.23. The highest BCUT2D eigenvalue weighted by Crippen LogP contribution is 2.48. The van der Waals surface area contributed by atoms with Gasteiger partial charge >= 0.3 is 0 Å². The van der Waals surface area contributed by atoms with E-state index in [-0.39, 0.29) is 0 Å². The van der Waals surface area contributed by atoms with Crippen molar-refractivity contribution in [1.82, 2.24) is 10.2 Å². The summed E-state index contributed by atoms with van der Waals surface area (Å²) >= 11 is 8.13. The molecule has 1 N–H and O–H groups in total. The monoisotopic (exact) mass is 373 g/mol. The van der Waals surface area contributed by atoms with Crippen LogP contribution < -0.4 is 10.2 Å². The third kappa shape index (κ3) is 3.82. The van der Waals surface area contributed by atoms with Crippen molar-refractivity contribution in [3.63, 3.8) is 0 Å². The van der Waals surface area contributed by atoms with Crippen LogP contribution in [0.1, 0.15) is 13.3 Å². The largest absolute Gasteiger partial charge is 0.340 e. The van der Waals surface area contributed by atoms with Gasteiger partial charge in [0.1, 0.15) is 0 Å². The predicted molar refractivity (Wildman–Crippen MR) is 108 cm³/mol. The first kappa shape index (κ1) is 17.2. The van der Waals surface area contributed by atoms with Crippen molar-refractivity contribution in [3.8, 4) is 0 Å². The molecule has 2 aliphatic rings. The van der Waals surface area contributed by atoms with Gasteiger partial charge in [0.2, 0.25) is 0 Å². The van der Waals surface area contributed by atoms with Crippen LogP contribution in [-0.2, 0) is 0 Å². The Morgan fingerprint density at radius 1 is 1.12 bits per heavy atom. The molecular weight excluding hydrogens is 350 g/mol. The second-order valence-corrected chi connectivity index (χ2v) is 8.36. The number of nitrogens with zero attached hydrogens (tertiary/aromatic N) is 2. The molecule has 1 fully saturated rings. The van der Waals surface area contributed by atoms with Crippen LogP contribution >= 0.6 is 23.4 Å². The van der Waals surface area contributed by atoms with Gasteiger partial charge in [-0.1, -0.05) is 35.5 Å². The molecule has 25 heavy (non-hydrogen) atoms. The number of benzene rings is 2. The van der Waals surface area contributed by atoms with Gasteiger partial charge in [-0.2, -0.15) is 0 Å². The molecule has 132 valence electrons. The molecule has 3 nitrogen and oxygen atoms in total. The maximum atomic E-state index is 6.29. The van der Waals surface area contributed by atoms with Gasteiger partial charge in [0.15, 0.2) is 0 Å². The molecule has 2 aromatic carbocycles. The zero-order valence-corrected chi connectivity index (χ0v) is 16.1. The van der Waals surface area contributed by atoms with Crippen LogP contribution in [-0.4, -0.2) is 43.7 Å². The van der Waals surface area contributed by atoms with E-state index < -0.39 is 0 Å². The summed E-state index contributed by atoms with van der Waals surface area (Å²) < 4.78 is 0. The minimum atomic E-state index is 0.598. The quantitative estimate of drug-likeness (QED) is 0.842. The summed E-state index contributed by atoms with van der Waals surface area (Å²) in [6.07, 6.45) is 1.15. The molecule has 1 unspecified atom stereocenters. The lowest BCUT2D eigenvalue weighted by Gasteiger charge is -2.35. The smallest absolute Gasteiger partial charge is 0.0567 e. The number of nitrogens with one attached hydrogen (secondary N) is 1. The Morgan fingerprint density at radius 2 is 1.96 bits per heavy atom. The van der Waals surface area contributed by atoms with E-state index >= 15 is 0 Å². The van der Waals surface area contributed by atoms with E-state index in [9.17, 15) is 0 Å². The maximum Gasteiger partial charge on any atom is 0.0567 e. The Labute approximate surface area is 159 Å². The summed E-state index contributed by atoms with van der Waals surface area (Å²) in [4.78, 5) is 7.63. The van der Waals surface area contributed by atoms with Crippen LogP contribution in [0, 0.1) is 0 Å². The van der Waals surface area contributed by atoms with E-state index in [1.54, 1.807) is 0 Å².